The molecule has 2 aromatic heterocycles. The van der Waals surface area contributed by atoms with Crippen LogP contribution in [-0.4, -0.2) is 33.3 Å². The first-order valence-electron chi connectivity index (χ1n) is 8.86. The van der Waals surface area contributed by atoms with Crippen LogP contribution in [0.25, 0.3) is 10.2 Å². The topological polar surface area (TPSA) is 84.2 Å². The van der Waals surface area contributed by atoms with Crippen molar-refractivity contribution in [2.24, 2.45) is 7.05 Å². The van der Waals surface area contributed by atoms with Crippen LogP contribution in [0.2, 0.25) is 0 Å². The fraction of sp³-hybridized carbons (Fsp3) is 0.611. The standard InChI is InChI=1S/C18H27N3O3S/c1-12(2)16-13-11-14(25-18(13)21(3)20-16)17(24)19-10-8-6-4-5-7-9-15(22)23/h11-12H,4-10H2,1-3H3,(H,19,24)(H,22,23). The van der Waals surface area contributed by atoms with E-state index in [9.17, 15) is 9.59 Å². The van der Waals surface area contributed by atoms with Crippen LogP contribution in [0.15, 0.2) is 6.07 Å². The highest BCUT2D eigenvalue weighted by molar-refractivity contribution is 7.20. The van der Waals surface area contributed by atoms with Crippen molar-refractivity contribution in [3.05, 3.63) is 16.6 Å². The van der Waals surface area contributed by atoms with E-state index < -0.39 is 5.97 Å². The molecule has 2 N–H and O–H groups in total. The molecule has 25 heavy (non-hydrogen) atoms. The fourth-order valence-electron chi connectivity index (χ4n) is 2.83. The van der Waals surface area contributed by atoms with Gasteiger partial charge in [0.25, 0.3) is 5.91 Å². The number of hydrogen-bond acceptors (Lipinski definition) is 4. The number of rotatable bonds is 10. The van der Waals surface area contributed by atoms with Gasteiger partial charge in [-0.3, -0.25) is 14.3 Å². The van der Waals surface area contributed by atoms with E-state index in [1.807, 2.05) is 17.8 Å². The monoisotopic (exact) mass is 365 g/mol. The summed E-state index contributed by atoms with van der Waals surface area (Å²) in [5, 5.41) is 17.2. The van der Waals surface area contributed by atoms with Crippen LogP contribution in [0.1, 0.15) is 73.7 Å². The summed E-state index contributed by atoms with van der Waals surface area (Å²) < 4.78 is 1.85. The van der Waals surface area contributed by atoms with Crippen molar-refractivity contribution in [3.8, 4) is 0 Å². The van der Waals surface area contributed by atoms with Crippen molar-refractivity contribution in [1.82, 2.24) is 15.1 Å². The number of unbranched alkanes of at least 4 members (excludes halogenated alkanes) is 4. The summed E-state index contributed by atoms with van der Waals surface area (Å²) in [6, 6.07) is 1.95. The van der Waals surface area contributed by atoms with Crippen LogP contribution in [-0.2, 0) is 11.8 Å². The van der Waals surface area contributed by atoms with Gasteiger partial charge in [-0.1, -0.05) is 33.1 Å². The Labute approximate surface area is 152 Å². The second kappa shape index (κ2) is 8.99. The maximum Gasteiger partial charge on any atom is 0.303 e. The van der Waals surface area contributed by atoms with Gasteiger partial charge in [-0.25, -0.2) is 0 Å². The normalized spacial score (nSPS) is 11.4. The summed E-state index contributed by atoms with van der Waals surface area (Å²) in [5.41, 5.74) is 1.04. The molecule has 0 fully saturated rings. The predicted molar refractivity (Wildman–Crippen MR) is 100 cm³/mol. The number of thiophene rings is 1. The Balaban J connectivity index is 1.77. The maximum absolute atomic E-state index is 12.3. The largest absolute Gasteiger partial charge is 0.481 e. The molecule has 0 bridgehead atoms. The summed E-state index contributed by atoms with van der Waals surface area (Å²) in [7, 11) is 1.91. The van der Waals surface area contributed by atoms with Crippen molar-refractivity contribution in [2.45, 2.75) is 58.3 Å². The summed E-state index contributed by atoms with van der Waals surface area (Å²) in [6.07, 6.45) is 4.85. The van der Waals surface area contributed by atoms with Gasteiger partial charge in [0.15, 0.2) is 0 Å². The van der Waals surface area contributed by atoms with E-state index in [1.165, 1.54) is 11.3 Å². The molecule has 7 heteroatoms. The minimum Gasteiger partial charge on any atom is -0.481 e. The average Bonchev–Trinajstić information content (AvgIpc) is 3.10. The third-order valence-electron chi connectivity index (χ3n) is 4.16. The summed E-state index contributed by atoms with van der Waals surface area (Å²) in [4.78, 5) is 24.5. The summed E-state index contributed by atoms with van der Waals surface area (Å²) in [5.74, 6) is -0.427. The molecule has 2 aromatic rings. The molecule has 0 saturated carbocycles. The number of carbonyl (C=O) groups excluding carboxylic acids is 1. The number of carbonyl (C=O) groups is 2. The van der Waals surface area contributed by atoms with Gasteiger partial charge in [-0.05, 0) is 24.8 Å². The average molecular weight is 365 g/mol. The predicted octanol–water partition coefficient (Wildman–Crippen LogP) is 3.91. The summed E-state index contributed by atoms with van der Waals surface area (Å²) >= 11 is 1.48. The zero-order valence-corrected chi connectivity index (χ0v) is 16.0. The Bertz CT molecular complexity index is 733. The SMILES string of the molecule is CC(C)c1nn(C)c2sc(C(=O)NCCCCCCCC(=O)O)cc12. The molecule has 0 aliphatic heterocycles. The number of aliphatic carboxylic acids is 1. The zero-order valence-electron chi connectivity index (χ0n) is 15.2. The van der Waals surface area contributed by atoms with Gasteiger partial charge in [0.1, 0.15) is 4.83 Å². The van der Waals surface area contributed by atoms with Crippen molar-refractivity contribution >= 4 is 33.4 Å². The number of carboxylic acid groups (broad SMARTS) is 1. The van der Waals surface area contributed by atoms with E-state index in [2.05, 4.69) is 24.3 Å². The van der Waals surface area contributed by atoms with Crippen LogP contribution >= 0.6 is 11.3 Å². The first-order chi connectivity index (χ1) is 11.9. The molecule has 0 unspecified atom stereocenters. The lowest BCUT2D eigenvalue weighted by molar-refractivity contribution is -0.137. The molecule has 2 rings (SSSR count). The molecule has 6 nitrogen and oxygen atoms in total. The van der Waals surface area contributed by atoms with Crippen molar-refractivity contribution < 1.29 is 14.7 Å². The smallest absolute Gasteiger partial charge is 0.303 e. The second-order valence-corrected chi connectivity index (χ2v) is 7.69. The molecular weight excluding hydrogens is 338 g/mol. The molecule has 2 heterocycles. The lowest BCUT2D eigenvalue weighted by Crippen LogP contribution is -2.23. The Morgan fingerprint density at radius 1 is 1.24 bits per heavy atom. The van der Waals surface area contributed by atoms with Crippen molar-refractivity contribution in [3.63, 3.8) is 0 Å². The van der Waals surface area contributed by atoms with Crippen molar-refractivity contribution in [1.29, 1.82) is 0 Å². The minimum atomic E-state index is -0.730. The Morgan fingerprint density at radius 3 is 2.60 bits per heavy atom. The number of nitrogens with zero attached hydrogens (tertiary/aromatic N) is 2. The quantitative estimate of drug-likeness (QED) is 0.625. The highest BCUT2D eigenvalue weighted by Gasteiger charge is 2.18. The number of nitrogens with one attached hydrogen (secondary N) is 1. The molecule has 1 amide bonds. The molecule has 0 saturated heterocycles. The Morgan fingerprint density at radius 2 is 1.92 bits per heavy atom. The number of hydrogen-bond donors (Lipinski definition) is 2. The molecule has 0 radical (unpaired) electrons. The third-order valence-corrected chi connectivity index (χ3v) is 5.36. The first-order valence-corrected chi connectivity index (χ1v) is 9.68. The highest BCUT2D eigenvalue weighted by atomic mass is 32.1. The number of carboxylic acids is 1. The van der Waals surface area contributed by atoms with E-state index in [0.717, 1.165) is 52.9 Å². The van der Waals surface area contributed by atoms with E-state index in [0.29, 0.717) is 12.5 Å². The van der Waals surface area contributed by atoms with Crippen LogP contribution in [0, 0.1) is 0 Å². The molecular formula is C18H27N3O3S. The van der Waals surface area contributed by atoms with Gasteiger partial charge >= 0.3 is 5.97 Å². The lowest BCUT2D eigenvalue weighted by Gasteiger charge is -2.04. The van der Waals surface area contributed by atoms with Crippen LogP contribution in [0.3, 0.4) is 0 Å². The molecule has 0 atom stereocenters. The third kappa shape index (κ3) is 5.29. The van der Waals surface area contributed by atoms with Crippen LogP contribution in [0.5, 0.6) is 0 Å². The Hall–Kier alpha value is -1.89. The zero-order chi connectivity index (χ0) is 18.4. The van der Waals surface area contributed by atoms with Crippen LogP contribution in [0.4, 0.5) is 0 Å². The molecule has 138 valence electrons. The first kappa shape index (κ1) is 19.4. The molecule has 0 aliphatic rings. The summed E-state index contributed by atoms with van der Waals surface area (Å²) in [6.45, 7) is 4.87. The number of fused-ring (bicyclic) bond motifs is 1. The molecule has 0 aromatic carbocycles. The fourth-order valence-corrected chi connectivity index (χ4v) is 3.82. The molecule has 0 aliphatic carbocycles. The van der Waals surface area contributed by atoms with Gasteiger partial charge in [0.05, 0.1) is 10.6 Å². The van der Waals surface area contributed by atoms with Gasteiger partial charge < -0.3 is 10.4 Å². The van der Waals surface area contributed by atoms with Gasteiger partial charge in [-0.2, -0.15) is 5.10 Å². The van der Waals surface area contributed by atoms with Gasteiger partial charge in [0.2, 0.25) is 0 Å². The van der Waals surface area contributed by atoms with Crippen molar-refractivity contribution in [2.75, 3.05) is 6.54 Å². The van der Waals surface area contributed by atoms with E-state index in [1.54, 1.807) is 0 Å². The second-order valence-electron chi connectivity index (χ2n) is 6.66. The maximum atomic E-state index is 12.3. The minimum absolute atomic E-state index is 0.0261. The lowest BCUT2D eigenvalue weighted by atomic mass is 10.1. The van der Waals surface area contributed by atoms with E-state index >= 15 is 0 Å². The van der Waals surface area contributed by atoms with Crippen LogP contribution < -0.4 is 5.32 Å². The highest BCUT2D eigenvalue weighted by Crippen LogP contribution is 2.31. The van der Waals surface area contributed by atoms with Gasteiger partial charge in [-0.15, -0.1) is 11.3 Å². The molecule has 0 spiro atoms. The number of aromatic nitrogens is 2. The number of amides is 1. The number of aryl methyl sites for hydroxylation is 1. The van der Waals surface area contributed by atoms with Gasteiger partial charge in [0, 0.05) is 25.4 Å². The van der Waals surface area contributed by atoms with E-state index in [4.69, 9.17) is 5.11 Å². The Kier molecular flexibility index (Phi) is 6.99. The van der Waals surface area contributed by atoms with E-state index in [-0.39, 0.29) is 12.3 Å².